The molecule has 0 saturated carbocycles. The van der Waals surface area contributed by atoms with Gasteiger partial charge >= 0.3 is 0 Å². The second kappa shape index (κ2) is 9.68. The Morgan fingerprint density at radius 2 is 2.03 bits per heavy atom. The van der Waals surface area contributed by atoms with Gasteiger partial charge in [-0.05, 0) is 66.6 Å². The summed E-state index contributed by atoms with van der Waals surface area (Å²) in [7, 11) is 0. The number of benzene rings is 2. The van der Waals surface area contributed by atoms with Crippen LogP contribution in [-0.2, 0) is 13.1 Å². The Bertz CT molecular complexity index is 1290. The smallest absolute Gasteiger partial charge is 0.225 e. The quantitative estimate of drug-likeness (QED) is 0.326. The Hall–Kier alpha value is -2.66. The van der Waals surface area contributed by atoms with Crippen LogP contribution in [-0.4, -0.2) is 32.6 Å². The molecule has 3 heterocycles. The highest BCUT2D eigenvalue weighted by Crippen LogP contribution is 2.29. The van der Waals surface area contributed by atoms with Crippen LogP contribution >= 0.6 is 22.6 Å². The van der Waals surface area contributed by atoms with E-state index in [2.05, 4.69) is 54.9 Å². The van der Waals surface area contributed by atoms with Crippen molar-refractivity contribution < 1.29 is 8.78 Å². The molecule has 0 amide bonds. The van der Waals surface area contributed by atoms with E-state index in [0.29, 0.717) is 22.9 Å². The highest BCUT2D eigenvalue weighted by Gasteiger charge is 2.21. The van der Waals surface area contributed by atoms with Gasteiger partial charge in [0.05, 0.1) is 6.20 Å². The number of rotatable bonds is 6. The van der Waals surface area contributed by atoms with Crippen molar-refractivity contribution in [2.45, 2.75) is 25.9 Å². The van der Waals surface area contributed by atoms with E-state index in [-0.39, 0.29) is 6.54 Å². The maximum absolute atomic E-state index is 14.0. The van der Waals surface area contributed by atoms with Crippen LogP contribution in [0.25, 0.3) is 22.6 Å². The molecule has 4 aromatic rings. The number of piperidine rings is 1. The summed E-state index contributed by atoms with van der Waals surface area (Å²) in [6, 6.07) is 11.7. The van der Waals surface area contributed by atoms with E-state index in [9.17, 15) is 8.78 Å². The lowest BCUT2D eigenvalue weighted by atomic mass is 9.99. The molecular formula is C24H23F2IN6. The Labute approximate surface area is 204 Å². The van der Waals surface area contributed by atoms with Crippen molar-refractivity contribution in [2.24, 2.45) is 5.92 Å². The zero-order valence-electron chi connectivity index (χ0n) is 17.9. The average Bonchev–Trinajstić information content (AvgIpc) is 3.17. The lowest BCUT2D eigenvalue weighted by molar-refractivity contribution is 0.341. The minimum Gasteiger partial charge on any atom is -0.350 e. The summed E-state index contributed by atoms with van der Waals surface area (Å²) < 4.78 is 30.5. The maximum atomic E-state index is 14.0. The molecule has 1 saturated heterocycles. The zero-order chi connectivity index (χ0) is 22.8. The second-order valence-electron chi connectivity index (χ2n) is 8.23. The van der Waals surface area contributed by atoms with Crippen molar-refractivity contribution in [3.8, 4) is 11.4 Å². The van der Waals surface area contributed by atoms with Crippen molar-refractivity contribution in [1.82, 2.24) is 24.8 Å². The summed E-state index contributed by atoms with van der Waals surface area (Å²) in [5.41, 5.74) is 2.86. The molecule has 2 N–H and O–H groups in total. The fraction of sp³-hybridized carbons (Fsp3) is 0.292. The standard InChI is InChI=1S/C24H23F2IN6/c25-17-8-7-16(19(26)10-17)12-29-24-30-13-21-23(32-24)33(14-15-4-3-9-28-11-15)22(31-21)18-5-1-2-6-20(18)27/h1-2,5-8,10,13,15,28H,3-4,9,11-12,14H2,(H,29,30,32)/t15-/m1/s1. The molecule has 2 aromatic carbocycles. The third kappa shape index (κ3) is 4.84. The van der Waals surface area contributed by atoms with Gasteiger partial charge in [-0.25, -0.2) is 18.7 Å². The molecule has 2 aromatic heterocycles. The Morgan fingerprint density at radius 3 is 2.82 bits per heavy atom. The number of nitrogens with zero attached hydrogens (tertiary/aromatic N) is 4. The number of nitrogens with one attached hydrogen (secondary N) is 2. The number of hydrogen-bond acceptors (Lipinski definition) is 5. The fourth-order valence-electron chi connectivity index (χ4n) is 4.20. The fourth-order valence-corrected chi connectivity index (χ4v) is 4.83. The van der Waals surface area contributed by atoms with Gasteiger partial charge in [0, 0.05) is 33.9 Å². The first-order valence-corrected chi connectivity index (χ1v) is 12.0. The van der Waals surface area contributed by atoms with Crippen LogP contribution in [0.3, 0.4) is 0 Å². The third-order valence-corrected chi connectivity index (χ3v) is 6.83. The molecule has 6 nitrogen and oxygen atoms in total. The Balaban J connectivity index is 1.50. The number of fused-ring (bicyclic) bond motifs is 1. The van der Waals surface area contributed by atoms with Crippen LogP contribution in [0, 0.1) is 21.1 Å². The molecule has 1 aliphatic rings. The van der Waals surface area contributed by atoms with Gasteiger partial charge in [-0.2, -0.15) is 4.98 Å². The number of halogens is 3. The molecule has 1 aliphatic heterocycles. The van der Waals surface area contributed by atoms with E-state index in [1.54, 1.807) is 6.20 Å². The molecule has 170 valence electrons. The molecule has 5 rings (SSSR count). The van der Waals surface area contributed by atoms with Crippen molar-refractivity contribution in [3.63, 3.8) is 0 Å². The predicted octanol–water partition coefficient (Wildman–Crippen LogP) is 4.99. The van der Waals surface area contributed by atoms with E-state index >= 15 is 0 Å². The van der Waals surface area contributed by atoms with Gasteiger partial charge < -0.3 is 15.2 Å². The monoisotopic (exact) mass is 560 g/mol. The molecule has 0 spiro atoms. The van der Waals surface area contributed by atoms with E-state index in [4.69, 9.17) is 9.97 Å². The molecule has 33 heavy (non-hydrogen) atoms. The van der Waals surface area contributed by atoms with Crippen molar-refractivity contribution in [3.05, 3.63) is 69.4 Å². The van der Waals surface area contributed by atoms with Crippen LogP contribution in [0.15, 0.2) is 48.7 Å². The second-order valence-corrected chi connectivity index (χ2v) is 9.39. The van der Waals surface area contributed by atoms with Crippen LogP contribution in [0.2, 0.25) is 0 Å². The molecule has 0 radical (unpaired) electrons. The Morgan fingerprint density at radius 1 is 1.15 bits per heavy atom. The molecular weight excluding hydrogens is 537 g/mol. The molecule has 0 bridgehead atoms. The third-order valence-electron chi connectivity index (χ3n) is 5.89. The molecule has 0 aliphatic carbocycles. The molecule has 0 unspecified atom stereocenters. The summed E-state index contributed by atoms with van der Waals surface area (Å²) in [6.07, 6.45) is 4.00. The summed E-state index contributed by atoms with van der Waals surface area (Å²) in [6.45, 7) is 2.97. The number of anilines is 1. The van der Waals surface area contributed by atoms with Gasteiger partial charge in [0.25, 0.3) is 0 Å². The van der Waals surface area contributed by atoms with E-state index in [1.807, 2.05) is 12.1 Å². The number of aromatic nitrogens is 4. The van der Waals surface area contributed by atoms with Gasteiger partial charge in [-0.15, -0.1) is 0 Å². The van der Waals surface area contributed by atoms with Crippen molar-refractivity contribution >= 4 is 39.7 Å². The van der Waals surface area contributed by atoms with Gasteiger partial charge in [-0.1, -0.05) is 24.3 Å². The van der Waals surface area contributed by atoms with Gasteiger partial charge in [0.2, 0.25) is 5.95 Å². The zero-order valence-corrected chi connectivity index (χ0v) is 20.0. The minimum atomic E-state index is -0.599. The van der Waals surface area contributed by atoms with Crippen LogP contribution in [0.5, 0.6) is 0 Å². The maximum Gasteiger partial charge on any atom is 0.225 e. The highest BCUT2D eigenvalue weighted by atomic mass is 127. The summed E-state index contributed by atoms with van der Waals surface area (Å²) in [5, 5.41) is 6.55. The first-order chi connectivity index (χ1) is 16.1. The van der Waals surface area contributed by atoms with E-state index in [0.717, 1.165) is 59.1 Å². The van der Waals surface area contributed by atoms with Crippen LogP contribution in [0.1, 0.15) is 18.4 Å². The lowest BCUT2D eigenvalue weighted by Crippen LogP contribution is -2.32. The first kappa shape index (κ1) is 22.1. The predicted molar refractivity (Wildman–Crippen MR) is 133 cm³/mol. The van der Waals surface area contributed by atoms with Crippen molar-refractivity contribution in [1.29, 1.82) is 0 Å². The topological polar surface area (TPSA) is 67.7 Å². The average molecular weight is 560 g/mol. The summed E-state index contributed by atoms with van der Waals surface area (Å²) >= 11 is 2.33. The van der Waals surface area contributed by atoms with Gasteiger partial charge in [0.15, 0.2) is 5.65 Å². The Kier molecular flexibility index (Phi) is 6.50. The first-order valence-electron chi connectivity index (χ1n) is 10.9. The summed E-state index contributed by atoms with van der Waals surface area (Å²) in [4.78, 5) is 14.0. The molecule has 9 heteroatoms. The minimum absolute atomic E-state index is 0.155. The molecule has 1 fully saturated rings. The SMILES string of the molecule is Fc1ccc(CNc2ncc3nc(-c4ccccc4I)n(C[C@@H]4CCCNC4)c3n2)c(F)c1. The highest BCUT2D eigenvalue weighted by molar-refractivity contribution is 14.1. The van der Waals surface area contributed by atoms with Gasteiger partial charge in [0.1, 0.15) is 23.0 Å². The number of hydrogen-bond donors (Lipinski definition) is 2. The van der Waals surface area contributed by atoms with Crippen LogP contribution < -0.4 is 10.6 Å². The van der Waals surface area contributed by atoms with Crippen molar-refractivity contribution in [2.75, 3.05) is 18.4 Å². The summed E-state index contributed by atoms with van der Waals surface area (Å²) in [5.74, 6) is 0.536. The number of imidazole rings is 1. The lowest BCUT2D eigenvalue weighted by Gasteiger charge is -2.24. The normalized spacial score (nSPS) is 16.3. The van der Waals surface area contributed by atoms with Gasteiger partial charge in [-0.3, -0.25) is 0 Å². The van der Waals surface area contributed by atoms with E-state index < -0.39 is 11.6 Å². The molecule has 1 atom stereocenters. The van der Waals surface area contributed by atoms with Crippen LogP contribution in [0.4, 0.5) is 14.7 Å². The van der Waals surface area contributed by atoms with E-state index in [1.165, 1.54) is 12.1 Å². The largest absolute Gasteiger partial charge is 0.350 e.